The summed E-state index contributed by atoms with van der Waals surface area (Å²) in [5, 5.41) is 4.93. The third-order valence-electron chi connectivity index (χ3n) is 4.90. The first-order valence-corrected chi connectivity index (χ1v) is 10.6. The molecule has 0 saturated carbocycles. The smallest absolute Gasteiger partial charge is 0.336 e. The second-order valence-corrected chi connectivity index (χ2v) is 8.27. The molecule has 31 heavy (non-hydrogen) atoms. The van der Waals surface area contributed by atoms with Crippen LogP contribution in [0.25, 0.3) is 15.9 Å². The summed E-state index contributed by atoms with van der Waals surface area (Å²) in [7, 11) is 0. The third kappa shape index (κ3) is 4.04. The van der Waals surface area contributed by atoms with Crippen molar-refractivity contribution >= 4 is 39.1 Å². The number of thiophene rings is 1. The number of halogens is 2. The summed E-state index contributed by atoms with van der Waals surface area (Å²) in [6.07, 6.45) is 0. The first-order valence-electron chi connectivity index (χ1n) is 9.36. The third-order valence-corrected chi connectivity index (χ3v) is 6.16. The van der Waals surface area contributed by atoms with Gasteiger partial charge in [0.05, 0.1) is 11.2 Å². The van der Waals surface area contributed by atoms with Crippen molar-refractivity contribution in [1.82, 2.24) is 14.5 Å². The predicted octanol–water partition coefficient (Wildman–Crippen LogP) is 3.63. The van der Waals surface area contributed by atoms with Gasteiger partial charge in [0, 0.05) is 11.6 Å². The molecule has 1 amide bonds. The fourth-order valence-electron chi connectivity index (χ4n) is 3.22. The zero-order valence-electron chi connectivity index (χ0n) is 16.4. The van der Waals surface area contributed by atoms with E-state index in [0.717, 1.165) is 27.5 Å². The molecule has 158 valence electrons. The molecule has 6 nitrogen and oxygen atoms in total. The van der Waals surface area contributed by atoms with Crippen LogP contribution in [0, 0.1) is 12.7 Å². The van der Waals surface area contributed by atoms with E-state index < -0.39 is 23.0 Å². The van der Waals surface area contributed by atoms with E-state index in [-0.39, 0.29) is 18.8 Å². The Morgan fingerprint density at radius 3 is 2.68 bits per heavy atom. The molecular formula is C22H17ClFN3O3S. The summed E-state index contributed by atoms with van der Waals surface area (Å²) in [5.74, 6) is -0.950. The molecule has 0 fully saturated rings. The van der Waals surface area contributed by atoms with Gasteiger partial charge in [-0.25, -0.2) is 13.8 Å². The molecule has 0 spiro atoms. The van der Waals surface area contributed by atoms with E-state index >= 15 is 0 Å². The Balaban J connectivity index is 1.72. The van der Waals surface area contributed by atoms with E-state index in [9.17, 15) is 18.8 Å². The van der Waals surface area contributed by atoms with Gasteiger partial charge in [-0.3, -0.25) is 14.2 Å². The van der Waals surface area contributed by atoms with E-state index in [1.54, 1.807) is 36.6 Å². The van der Waals surface area contributed by atoms with Gasteiger partial charge in [-0.1, -0.05) is 35.9 Å². The van der Waals surface area contributed by atoms with Crippen molar-refractivity contribution in [2.45, 2.75) is 20.0 Å². The van der Waals surface area contributed by atoms with Gasteiger partial charge in [0.15, 0.2) is 0 Å². The molecule has 0 unspecified atom stereocenters. The zero-order chi connectivity index (χ0) is 22.1. The second kappa shape index (κ2) is 8.49. The van der Waals surface area contributed by atoms with Gasteiger partial charge in [0.25, 0.3) is 5.56 Å². The first kappa shape index (κ1) is 21.0. The van der Waals surface area contributed by atoms with Crippen molar-refractivity contribution in [3.8, 4) is 5.69 Å². The maximum Gasteiger partial charge on any atom is 0.336 e. The zero-order valence-corrected chi connectivity index (χ0v) is 18.0. The Morgan fingerprint density at radius 1 is 1.16 bits per heavy atom. The Hall–Kier alpha value is -3.23. The fraction of sp³-hybridized carbons (Fsp3) is 0.136. The lowest BCUT2D eigenvalue weighted by Gasteiger charge is -2.13. The van der Waals surface area contributed by atoms with Crippen LogP contribution < -0.4 is 16.6 Å². The van der Waals surface area contributed by atoms with Crippen molar-refractivity contribution in [2.75, 3.05) is 0 Å². The molecule has 9 heteroatoms. The number of fused-ring (bicyclic) bond motifs is 1. The maximum atomic E-state index is 14.1. The maximum absolute atomic E-state index is 14.1. The van der Waals surface area contributed by atoms with E-state index in [4.69, 9.17) is 11.6 Å². The Bertz CT molecular complexity index is 1420. The van der Waals surface area contributed by atoms with E-state index in [1.165, 1.54) is 16.7 Å². The average molecular weight is 458 g/mol. The fourth-order valence-corrected chi connectivity index (χ4v) is 4.25. The minimum atomic E-state index is -0.716. The number of nitrogens with one attached hydrogen (secondary N) is 1. The molecule has 0 aliphatic rings. The number of hydrogen-bond donors (Lipinski definition) is 1. The second-order valence-electron chi connectivity index (χ2n) is 6.95. The van der Waals surface area contributed by atoms with Crippen LogP contribution in [0.3, 0.4) is 0 Å². The predicted molar refractivity (Wildman–Crippen MR) is 120 cm³/mol. The van der Waals surface area contributed by atoms with Gasteiger partial charge in [0.1, 0.15) is 17.1 Å². The SMILES string of the molecule is Cc1ccc(-n2c(=O)c3sccc3n(CC(=O)NCc3ccccc3Cl)c2=O)cc1F. The first-order chi connectivity index (χ1) is 14.9. The molecular weight excluding hydrogens is 441 g/mol. The van der Waals surface area contributed by atoms with Crippen LogP contribution in [-0.2, 0) is 17.9 Å². The van der Waals surface area contributed by atoms with Gasteiger partial charge < -0.3 is 5.32 Å². The van der Waals surface area contributed by atoms with Crippen LogP contribution in [0.5, 0.6) is 0 Å². The molecule has 4 rings (SSSR count). The molecule has 0 saturated heterocycles. The topological polar surface area (TPSA) is 73.1 Å². The van der Waals surface area contributed by atoms with Gasteiger partial charge in [-0.05, 0) is 47.7 Å². The van der Waals surface area contributed by atoms with Gasteiger partial charge in [-0.2, -0.15) is 0 Å². The summed E-state index contributed by atoms with van der Waals surface area (Å²) in [5.41, 5.74) is 0.340. The molecule has 2 aromatic carbocycles. The summed E-state index contributed by atoms with van der Waals surface area (Å²) in [4.78, 5) is 38.7. The number of aryl methyl sites for hydroxylation is 1. The van der Waals surface area contributed by atoms with E-state index in [2.05, 4.69) is 5.32 Å². The minimum absolute atomic E-state index is 0.110. The monoisotopic (exact) mass is 457 g/mol. The highest BCUT2D eigenvalue weighted by atomic mass is 35.5. The van der Waals surface area contributed by atoms with Crippen molar-refractivity contribution in [3.63, 3.8) is 0 Å². The number of aromatic nitrogens is 2. The summed E-state index contributed by atoms with van der Waals surface area (Å²) in [6.45, 7) is 1.49. The summed E-state index contributed by atoms with van der Waals surface area (Å²) >= 11 is 7.27. The molecule has 2 aromatic heterocycles. The lowest BCUT2D eigenvalue weighted by atomic mass is 10.2. The number of carbonyl (C=O) groups is 1. The number of hydrogen-bond acceptors (Lipinski definition) is 4. The van der Waals surface area contributed by atoms with Crippen LogP contribution in [0.2, 0.25) is 5.02 Å². The van der Waals surface area contributed by atoms with Crippen LogP contribution in [0.4, 0.5) is 4.39 Å². The number of rotatable bonds is 5. The summed E-state index contributed by atoms with van der Waals surface area (Å²) < 4.78 is 16.5. The van der Waals surface area contributed by atoms with Crippen molar-refractivity contribution in [1.29, 1.82) is 0 Å². The highest BCUT2D eigenvalue weighted by Crippen LogP contribution is 2.18. The standard InChI is InChI=1S/C22H17ClFN3O3S/c1-13-6-7-15(10-17(13)24)27-21(29)20-18(8-9-31-20)26(22(27)30)12-19(28)25-11-14-4-2-3-5-16(14)23/h2-10H,11-12H2,1H3,(H,25,28). The van der Waals surface area contributed by atoms with Crippen LogP contribution in [0.15, 0.2) is 63.5 Å². The van der Waals surface area contributed by atoms with Crippen molar-refractivity contribution in [2.24, 2.45) is 0 Å². The molecule has 0 radical (unpaired) electrons. The Morgan fingerprint density at radius 2 is 1.94 bits per heavy atom. The summed E-state index contributed by atoms with van der Waals surface area (Å²) in [6, 6.07) is 12.9. The van der Waals surface area contributed by atoms with Crippen molar-refractivity contribution in [3.05, 3.63) is 96.7 Å². The molecule has 2 heterocycles. The van der Waals surface area contributed by atoms with Crippen molar-refractivity contribution < 1.29 is 9.18 Å². The highest BCUT2D eigenvalue weighted by Gasteiger charge is 2.18. The van der Waals surface area contributed by atoms with Gasteiger partial charge in [0.2, 0.25) is 5.91 Å². The van der Waals surface area contributed by atoms with E-state index in [1.807, 2.05) is 6.07 Å². The number of carbonyl (C=O) groups excluding carboxylic acids is 1. The lowest BCUT2D eigenvalue weighted by molar-refractivity contribution is -0.121. The number of nitrogens with zero attached hydrogens (tertiary/aromatic N) is 2. The molecule has 0 aliphatic carbocycles. The molecule has 0 bridgehead atoms. The van der Waals surface area contributed by atoms with Crippen LogP contribution in [-0.4, -0.2) is 15.0 Å². The molecule has 4 aromatic rings. The number of amides is 1. The largest absolute Gasteiger partial charge is 0.350 e. The molecule has 0 aliphatic heterocycles. The quantitative estimate of drug-likeness (QED) is 0.497. The van der Waals surface area contributed by atoms with Gasteiger partial charge in [-0.15, -0.1) is 11.3 Å². The Labute approximate surface area is 185 Å². The lowest BCUT2D eigenvalue weighted by Crippen LogP contribution is -2.41. The highest BCUT2D eigenvalue weighted by molar-refractivity contribution is 7.17. The molecule has 0 atom stereocenters. The average Bonchev–Trinajstić information content (AvgIpc) is 3.23. The number of benzene rings is 2. The van der Waals surface area contributed by atoms with Crippen LogP contribution in [0.1, 0.15) is 11.1 Å². The van der Waals surface area contributed by atoms with Gasteiger partial charge >= 0.3 is 5.69 Å². The normalized spacial score (nSPS) is 11.1. The van der Waals surface area contributed by atoms with E-state index in [0.29, 0.717) is 20.8 Å². The molecule has 1 N–H and O–H groups in total. The van der Waals surface area contributed by atoms with Crippen LogP contribution >= 0.6 is 22.9 Å². The Kier molecular flexibility index (Phi) is 5.75. The minimum Gasteiger partial charge on any atom is -0.350 e.